The molecule has 0 fully saturated rings. The van der Waals surface area contributed by atoms with E-state index in [0.717, 1.165) is 5.56 Å². The van der Waals surface area contributed by atoms with Crippen LogP contribution in [0.5, 0.6) is 5.75 Å². The summed E-state index contributed by atoms with van der Waals surface area (Å²) in [6.07, 6.45) is 0. The van der Waals surface area contributed by atoms with E-state index in [2.05, 4.69) is 0 Å². The Morgan fingerprint density at radius 3 is 1.89 bits per heavy atom. The summed E-state index contributed by atoms with van der Waals surface area (Å²) in [5.41, 5.74) is 1.70. The van der Waals surface area contributed by atoms with Crippen molar-refractivity contribution in [2.75, 3.05) is 0 Å². The highest BCUT2D eigenvalue weighted by Crippen LogP contribution is 2.24. The fourth-order valence-electron chi connectivity index (χ4n) is 2.17. The van der Waals surface area contributed by atoms with Gasteiger partial charge in [-0.25, -0.2) is 0 Å². The van der Waals surface area contributed by atoms with E-state index >= 15 is 0 Å². The van der Waals surface area contributed by atoms with Crippen LogP contribution in [-0.2, 0) is 6.54 Å². The number of phenolic OH excluding ortho intramolecular Hbond substituents is 1. The molecule has 94 valence electrons. The Balaban J connectivity index is 1.90. The Morgan fingerprint density at radius 2 is 1.37 bits per heavy atom. The van der Waals surface area contributed by atoms with Crippen molar-refractivity contribution in [3.8, 4) is 5.75 Å². The van der Waals surface area contributed by atoms with Gasteiger partial charge < -0.3 is 5.11 Å². The van der Waals surface area contributed by atoms with Crippen LogP contribution in [0, 0.1) is 0 Å². The number of imide groups is 1. The number of fused-ring (bicyclic) bond motifs is 1. The fourth-order valence-corrected chi connectivity index (χ4v) is 2.17. The van der Waals surface area contributed by atoms with Gasteiger partial charge >= 0.3 is 0 Å². The molecule has 1 heterocycles. The molecule has 0 saturated heterocycles. The minimum atomic E-state index is -0.270. The molecular formula is C15H11NO3. The van der Waals surface area contributed by atoms with Gasteiger partial charge in [0.1, 0.15) is 5.75 Å². The van der Waals surface area contributed by atoms with Crippen molar-refractivity contribution >= 4 is 11.8 Å². The molecule has 1 aliphatic heterocycles. The van der Waals surface area contributed by atoms with Crippen LogP contribution in [0.2, 0.25) is 0 Å². The highest BCUT2D eigenvalue weighted by atomic mass is 16.3. The van der Waals surface area contributed by atoms with Crippen LogP contribution in [0.3, 0.4) is 0 Å². The van der Waals surface area contributed by atoms with Gasteiger partial charge in [-0.2, -0.15) is 0 Å². The van der Waals surface area contributed by atoms with Crippen molar-refractivity contribution in [3.05, 3.63) is 65.2 Å². The molecule has 2 amide bonds. The van der Waals surface area contributed by atoms with Crippen molar-refractivity contribution < 1.29 is 14.7 Å². The quantitative estimate of drug-likeness (QED) is 0.834. The predicted molar refractivity (Wildman–Crippen MR) is 68.8 cm³/mol. The van der Waals surface area contributed by atoms with E-state index in [1.807, 2.05) is 0 Å². The second kappa shape index (κ2) is 4.24. The normalized spacial score (nSPS) is 13.8. The molecule has 3 rings (SSSR count). The standard InChI is InChI=1S/C15H11NO3/c17-11-7-5-10(6-8-11)9-16-14(18)12-3-1-2-4-13(12)15(16)19/h1-8,17H,9H2. The van der Waals surface area contributed by atoms with E-state index in [-0.39, 0.29) is 24.1 Å². The molecule has 0 atom stereocenters. The first kappa shape index (κ1) is 11.5. The number of nitrogens with zero attached hydrogens (tertiary/aromatic N) is 1. The third-order valence-corrected chi connectivity index (χ3v) is 3.16. The molecule has 4 nitrogen and oxygen atoms in total. The predicted octanol–water partition coefficient (Wildman–Crippen LogP) is 2.19. The molecule has 0 bridgehead atoms. The van der Waals surface area contributed by atoms with Crippen LogP contribution in [0.4, 0.5) is 0 Å². The number of carbonyl (C=O) groups is 2. The topological polar surface area (TPSA) is 57.6 Å². The van der Waals surface area contributed by atoms with Crippen LogP contribution in [0.25, 0.3) is 0 Å². The number of hydrogen-bond acceptors (Lipinski definition) is 3. The minimum absolute atomic E-state index is 0.158. The minimum Gasteiger partial charge on any atom is -0.508 e. The number of rotatable bonds is 2. The SMILES string of the molecule is O=C1c2ccccc2C(=O)N1Cc1ccc(O)cc1. The molecule has 2 aromatic rings. The highest BCUT2D eigenvalue weighted by Gasteiger charge is 2.34. The average Bonchev–Trinajstić information content (AvgIpc) is 2.67. The summed E-state index contributed by atoms with van der Waals surface area (Å²) < 4.78 is 0. The first-order valence-corrected chi connectivity index (χ1v) is 5.90. The van der Waals surface area contributed by atoms with E-state index in [1.165, 1.54) is 17.0 Å². The summed E-state index contributed by atoms with van der Waals surface area (Å²) in [6, 6.07) is 13.3. The zero-order chi connectivity index (χ0) is 13.4. The lowest BCUT2D eigenvalue weighted by Crippen LogP contribution is -2.29. The van der Waals surface area contributed by atoms with Gasteiger partial charge in [-0.15, -0.1) is 0 Å². The van der Waals surface area contributed by atoms with Crippen molar-refractivity contribution in [1.82, 2.24) is 4.90 Å². The Hall–Kier alpha value is -2.62. The van der Waals surface area contributed by atoms with E-state index in [0.29, 0.717) is 11.1 Å². The lowest BCUT2D eigenvalue weighted by Gasteiger charge is -2.13. The zero-order valence-electron chi connectivity index (χ0n) is 10.0. The van der Waals surface area contributed by atoms with Crippen LogP contribution >= 0.6 is 0 Å². The summed E-state index contributed by atoms with van der Waals surface area (Å²) in [7, 11) is 0. The second-order valence-electron chi connectivity index (χ2n) is 4.41. The molecule has 0 radical (unpaired) electrons. The Bertz CT molecular complexity index is 626. The Morgan fingerprint density at radius 1 is 0.842 bits per heavy atom. The van der Waals surface area contributed by atoms with Gasteiger partial charge in [-0.1, -0.05) is 24.3 Å². The Kier molecular flexibility index (Phi) is 2.56. The van der Waals surface area contributed by atoms with Gasteiger partial charge in [0.15, 0.2) is 0 Å². The number of phenols is 1. The van der Waals surface area contributed by atoms with E-state index < -0.39 is 0 Å². The largest absolute Gasteiger partial charge is 0.508 e. The molecule has 0 spiro atoms. The van der Waals surface area contributed by atoms with Crippen molar-refractivity contribution in [1.29, 1.82) is 0 Å². The van der Waals surface area contributed by atoms with Gasteiger partial charge in [0.05, 0.1) is 17.7 Å². The van der Waals surface area contributed by atoms with Crippen molar-refractivity contribution in [3.63, 3.8) is 0 Å². The number of carbonyl (C=O) groups excluding carboxylic acids is 2. The molecular weight excluding hydrogens is 242 g/mol. The number of hydrogen-bond donors (Lipinski definition) is 1. The van der Waals surface area contributed by atoms with Gasteiger partial charge in [0.2, 0.25) is 0 Å². The molecule has 2 aromatic carbocycles. The first-order valence-electron chi connectivity index (χ1n) is 5.90. The molecule has 19 heavy (non-hydrogen) atoms. The zero-order valence-corrected chi connectivity index (χ0v) is 10.0. The number of benzene rings is 2. The molecule has 1 aliphatic rings. The van der Waals surface area contributed by atoms with Crippen LogP contribution < -0.4 is 0 Å². The lowest BCUT2D eigenvalue weighted by atomic mass is 10.1. The number of aromatic hydroxyl groups is 1. The van der Waals surface area contributed by atoms with Crippen molar-refractivity contribution in [2.45, 2.75) is 6.54 Å². The third kappa shape index (κ3) is 1.87. The smallest absolute Gasteiger partial charge is 0.261 e. The van der Waals surface area contributed by atoms with Gasteiger partial charge in [-0.3, -0.25) is 14.5 Å². The summed E-state index contributed by atoms with van der Waals surface area (Å²) in [5, 5.41) is 9.22. The Labute approximate surface area is 109 Å². The van der Waals surface area contributed by atoms with E-state index in [9.17, 15) is 14.7 Å². The van der Waals surface area contributed by atoms with E-state index in [1.54, 1.807) is 36.4 Å². The highest BCUT2D eigenvalue weighted by molar-refractivity contribution is 6.21. The van der Waals surface area contributed by atoms with Crippen molar-refractivity contribution in [2.24, 2.45) is 0 Å². The second-order valence-corrected chi connectivity index (χ2v) is 4.41. The summed E-state index contributed by atoms with van der Waals surface area (Å²) in [6.45, 7) is 0.215. The molecule has 0 aliphatic carbocycles. The van der Waals surface area contributed by atoms with Crippen LogP contribution in [-0.4, -0.2) is 21.8 Å². The molecule has 4 heteroatoms. The van der Waals surface area contributed by atoms with Gasteiger partial charge in [0.25, 0.3) is 11.8 Å². The first-order chi connectivity index (χ1) is 9.16. The summed E-state index contributed by atoms with van der Waals surface area (Å²) in [5.74, 6) is -0.381. The van der Waals surface area contributed by atoms with Crippen LogP contribution in [0.1, 0.15) is 26.3 Å². The summed E-state index contributed by atoms with van der Waals surface area (Å²) in [4.78, 5) is 25.5. The van der Waals surface area contributed by atoms with Gasteiger partial charge in [-0.05, 0) is 29.8 Å². The van der Waals surface area contributed by atoms with E-state index in [4.69, 9.17) is 0 Å². The monoisotopic (exact) mass is 253 g/mol. The number of amides is 2. The molecule has 0 saturated carbocycles. The molecule has 0 unspecified atom stereocenters. The summed E-state index contributed by atoms with van der Waals surface area (Å²) >= 11 is 0. The maximum atomic E-state index is 12.1. The average molecular weight is 253 g/mol. The lowest BCUT2D eigenvalue weighted by molar-refractivity contribution is 0.0642. The molecule has 1 N–H and O–H groups in total. The third-order valence-electron chi connectivity index (χ3n) is 3.16. The molecule has 0 aromatic heterocycles. The maximum absolute atomic E-state index is 12.1. The fraction of sp³-hybridized carbons (Fsp3) is 0.0667. The van der Waals surface area contributed by atoms with Gasteiger partial charge in [0, 0.05) is 0 Å². The van der Waals surface area contributed by atoms with Crippen LogP contribution in [0.15, 0.2) is 48.5 Å². The maximum Gasteiger partial charge on any atom is 0.261 e.